The van der Waals surface area contributed by atoms with Crippen LogP contribution in [-0.2, 0) is 6.42 Å². The summed E-state index contributed by atoms with van der Waals surface area (Å²) in [5, 5.41) is 1.37. The Hall–Kier alpha value is -6.18. The van der Waals surface area contributed by atoms with E-state index >= 15 is 0 Å². The molecule has 0 spiro atoms. The van der Waals surface area contributed by atoms with Gasteiger partial charge < -0.3 is 4.57 Å². The first kappa shape index (κ1) is 41.5. The van der Waals surface area contributed by atoms with Crippen LogP contribution >= 0.6 is 0 Å². The van der Waals surface area contributed by atoms with Crippen molar-refractivity contribution in [1.29, 1.82) is 0 Å². The van der Waals surface area contributed by atoms with Crippen molar-refractivity contribution in [2.24, 2.45) is 11.8 Å². The van der Waals surface area contributed by atoms with Crippen molar-refractivity contribution in [2.75, 3.05) is 0 Å². The molecule has 1 heteroatoms. The van der Waals surface area contributed by atoms with Crippen LogP contribution in [0.2, 0.25) is 0 Å². The summed E-state index contributed by atoms with van der Waals surface area (Å²) in [6.07, 6.45) is 39.7. The maximum Gasteiger partial charge on any atom is 0.0540 e. The molecule has 0 radical (unpaired) electrons. The normalized spacial score (nSPS) is 18.9. The third-order valence-corrected chi connectivity index (χ3v) is 13.0. The Balaban J connectivity index is 1.21. The van der Waals surface area contributed by atoms with Gasteiger partial charge in [0.15, 0.2) is 0 Å². The van der Waals surface area contributed by atoms with Crippen LogP contribution in [0, 0.1) is 18.8 Å². The van der Waals surface area contributed by atoms with Crippen molar-refractivity contribution < 1.29 is 0 Å². The average molecular weight is 796 g/mol. The van der Waals surface area contributed by atoms with E-state index in [0.717, 1.165) is 32.1 Å². The lowest BCUT2D eigenvalue weighted by Gasteiger charge is -2.27. The molecule has 0 aliphatic heterocycles. The maximum absolute atomic E-state index is 2.53. The predicted octanol–water partition coefficient (Wildman–Crippen LogP) is 16.8. The van der Waals surface area contributed by atoms with Gasteiger partial charge in [-0.1, -0.05) is 172 Å². The SMILES string of the molecule is CC=CC(=CCC)C(=CC(=CC)C1C=CC=CC1)C=C(C)n1c2c(c3c(-c4ccc(C)c(-c5ccccc5C(C)C5C=CC=C(c6ccccc6)C5)c4)cccc31)CCC=C2. The molecule has 0 bridgehead atoms. The Labute approximate surface area is 365 Å². The Kier molecular flexibility index (Phi) is 13.0. The van der Waals surface area contributed by atoms with E-state index in [1.54, 1.807) is 0 Å². The molecular formula is C60H61N. The fourth-order valence-electron chi connectivity index (χ4n) is 9.86. The number of fused-ring (bicyclic) bond motifs is 3. The van der Waals surface area contributed by atoms with Gasteiger partial charge in [-0.2, -0.15) is 0 Å². The van der Waals surface area contributed by atoms with Gasteiger partial charge in [-0.15, -0.1) is 0 Å². The van der Waals surface area contributed by atoms with Crippen LogP contribution in [0.1, 0.15) is 94.2 Å². The minimum atomic E-state index is 0.355. The summed E-state index contributed by atoms with van der Waals surface area (Å²) in [6, 6.07) is 34.1. The first-order valence-corrected chi connectivity index (χ1v) is 22.6. The Morgan fingerprint density at radius 1 is 0.803 bits per heavy atom. The van der Waals surface area contributed by atoms with Crippen LogP contribution in [-0.4, -0.2) is 4.57 Å². The quantitative estimate of drug-likeness (QED) is 0.111. The zero-order valence-electron chi connectivity index (χ0n) is 37.0. The van der Waals surface area contributed by atoms with Crippen LogP contribution in [0.4, 0.5) is 0 Å². The summed E-state index contributed by atoms with van der Waals surface area (Å²) >= 11 is 0. The summed E-state index contributed by atoms with van der Waals surface area (Å²) in [5.41, 5.74) is 19.8. The molecule has 61 heavy (non-hydrogen) atoms. The molecule has 1 nitrogen and oxygen atoms in total. The minimum absolute atomic E-state index is 0.355. The number of benzene rings is 4. The van der Waals surface area contributed by atoms with E-state index in [4.69, 9.17) is 0 Å². The number of allylic oxidation sites excluding steroid dienone is 19. The van der Waals surface area contributed by atoms with E-state index in [1.807, 2.05) is 0 Å². The number of aryl methyl sites for hydroxylation is 2. The highest BCUT2D eigenvalue weighted by Crippen LogP contribution is 2.44. The fraction of sp³-hybridized carbons (Fsp3) is 0.233. The van der Waals surface area contributed by atoms with E-state index in [0.29, 0.717) is 17.8 Å². The molecule has 0 fully saturated rings. The molecule has 8 rings (SSSR count). The molecule has 0 N–H and O–H groups in total. The molecule has 3 unspecified atom stereocenters. The lowest BCUT2D eigenvalue weighted by molar-refractivity contribution is 0.552. The topological polar surface area (TPSA) is 4.93 Å². The molecule has 1 aromatic heterocycles. The highest BCUT2D eigenvalue weighted by Gasteiger charge is 2.25. The first-order chi connectivity index (χ1) is 29.9. The summed E-state index contributed by atoms with van der Waals surface area (Å²) in [5.74, 6) is 1.15. The van der Waals surface area contributed by atoms with Gasteiger partial charge >= 0.3 is 0 Å². The van der Waals surface area contributed by atoms with E-state index in [2.05, 4.69) is 228 Å². The van der Waals surface area contributed by atoms with Crippen molar-refractivity contribution >= 4 is 28.2 Å². The van der Waals surface area contributed by atoms with Crippen molar-refractivity contribution in [3.8, 4) is 22.3 Å². The molecule has 1 heterocycles. The van der Waals surface area contributed by atoms with Gasteiger partial charge in [0.25, 0.3) is 0 Å². The molecular weight excluding hydrogens is 735 g/mol. The first-order valence-electron chi connectivity index (χ1n) is 22.6. The second-order valence-corrected chi connectivity index (χ2v) is 17.0. The van der Waals surface area contributed by atoms with Gasteiger partial charge in [-0.05, 0) is 163 Å². The van der Waals surface area contributed by atoms with Gasteiger partial charge in [0, 0.05) is 22.7 Å². The van der Waals surface area contributed by atoms with Crippen LogP contribution in [0.5, 0.6) is 0 Å². The fourth-order valence-corrected chi connectivity index (χ4v) is 9.86. The summed E-state index contributed by atoms with van der Waals surface area (Å²) < 4.78 is 2.53. The summed E-state index contributed by atoms with van der Waals surface area (Å²) in [4.78, 5) is 0. The van der Waals surface area contributed by atoms with Crippen molar-refractivity contribution in [3.05, 3.63) is 221 Å². The molecule has 0 amide bonds. The van der Waals surface area contributed by atoms with E-state index in [1.165, 1.54) is 89.1 Å². The van der Waals surface area contributed by atoms with Gasteiger partial charge in [-0.25, -0.2) is 0 Å². The predicted molar refractivity (Wildman–Crippen MR) is 266 cm³/mol. The minimum Gasteiger partial charge on any atom is -0.314 e. The number of nitrogens with zero attached hydrogens (tertiary/aromatic N) is 1. The smallest absolute Gasteiger partial charge is 0.0540 e. The zero-order valence-corrected chi connectivity index (χ0v) is 37.0. The Morgan fingerprint density at radius 2 is 1.62 bits per heavy atom. The van der Waals surface area contributed by atoms with Crippen LogP contribution < -0.4 is 0 Å². The zero-order chi connectivity index (χ0) is 42.3. The molecule has 0 saturated carbocycles. The lowest BCUT2D eigenvalue weighted by Crippen LogP contribution is -2.12. The maximum atomic E-state index is 2.53. The molecule has 5 aromatic rings. The third-order valence-electron chi connectivity index (χ3n) is 13.0. The van der Waals surface area contributed by atoms with Crippen molar-refractivity contribution in [1.82, 2.24) is 4.57 Å². The lowest BCUT2D eigenvalue weighted by atomic mass is 9.77. The number of hydrogen-bond donors (Lipinski definition) is 0. The van der Waals surface area contributed by atoms with Gasteiger partial charge in [-0.3, -0.25) is 0 Å². The monoisotopic (exact) mass is 795 g/mol. The van der Waals surface area contributed by atoms with Gasteiger partial charge in [0.1, 0.15) is 0 Å². The molecule has 306 valence electrons. The van der Waals surface area contributed by atoms with Crippen molar-refractivity contribution in [3.63, 3.8) is 0 Å². The number of rotatable bonds is 12. The average Bonchev–Trinajstić information content (AvgIpc) is 3.66. The second-order valence-electron chi connectivity index (χ2n) is 17.0. The molecule has 4 aromatic carbocycles. The summed E-state index contributed by atoms with van der Waals surface area (Å²) in [6.45, 7) is 13.5. The molecule has 3 aliphatic rings. The van der Waals surface area contributed by atoms with E-state index in [-0.39, 0.29) is 0 Å². The van der Waals surface area contributed by atoms with E-state index < -0.39 is 0 Å². The highest BCUT2D eigenvalue weighted by atomic mass is 15.0. The molecule has 3 aliphatic carbocycles. The second kappa shape index (κ2) is 19.0. The van der Waals surface area contributed by atoms with Crippen LogP contribution in [0.15, 0.2) is 193 Å². The number of aromatic nitrogens is 1. The van der Waals surface area contributed by atoms with Crippen LogP contribution in [0.25, 0.3) is 50.5 Å². The highest BCUT2D eigenvalue weighted by molar-refractivity contribution is 6.03. The summed E-state index contributed by atoms with van der Waals surface area (Å²) in [7, 11) is 0. The Morgan fingerprint density at radius 3 is 2.41 bits per heavy atom. The van der Waals surface area contributed by atoms with Crippen molar-refractivity contribution in [2.45, 2.75) is 79.6 Å². The van der Waals surface area contributed by atoms with Gasteiger partial charge in [0.2, 0.25) is 0 Å². The van der Waals surface area contributed by atoms with E-state index in [9.17, 15) is 0 Å². The van der Waals surface area contributed by atoms with Gasteiger partial charge in [0.05, 0.1) is 5.52 Å². The largest absolute Gasteiger partial charge is 0.314 e. The Bertz CT molecular complexity index is 2720. The number of hydrogen-bond acceptors (Lipinski definition) is 0. The third kappa shape index (κ3) is 8.71. The standard InChI is InChI=1S/C60H61N/c1-7-22-46(23-8-2)52(39-45(9-3)47-24-12-10-13-25-47)38-43(5)61-58-34-19-18-32-56(58)60-54(33-21-35-59(60)61)51-37-36-42(4)57(41-51)55-31-17-16-30-53(55)44(6)49-28-20-29-50(40-49)48-26-14-11-15-27-48/h7,9-17,19-24,26-31,33-39,41,44,47,49H,8,18,25,32,40H2,1-6H3. The molecule has 0 saturated heterocycles. The molecule has 3 atom stereocenters. The van der Waals surface area contributed by atoms with Crippen LogP contribution in [0.3, 0.4) is 0 Å².